The van der Waals surface area contributed by atoms with Gasteiger partial charge in [-0.15, -0.1) is 0 Å². The maximum Gasteiger partial charge on any atom is 0.350 e. The molecule has 1 aliphatic rings. The van der Waals surface area contributed by atoms with Gasteiger partial charge in [0.25, 0.3) is 5.91 Å². The monoisotopic (exact) mass is 598 g/mol. The number of benzene rings is 2. The Kier molecular flexibility index (Phi) is 7.41. The number of ether oxygens (including phenoxy) is 2. The van der Waals surface area contributed by atoms with Crippen LogP contribution in [0.25, 0.3) is 11.0 Å². The molecule has 12 heteroatoms. The average molecular weight is 599 g/mol. The van der Waals surface area contributed by atoms with Crippen LogP contribution in [0.1, 0.15) is 37.5 Å². The molecule has 9 nitrogen and oxygen atoms in total. The minimum Gasteiger partial charge on any atom is -0.503 e. The lowest BCUT2D eigenvalue weighted by Gasteiger charge is -2.24. The molecular weight excluding hydrogens is 579 g/mol. The Morgan fingerprint density at radius 2 is 2.00 bits per heavy atom. The van der Waals surface area contributed by atoms with Gasteiger partial charge in [0.2, 0.25) is 5.78 Å². The number of halogens is 2. The molecule has 1 unspecified atom stereocenters. The zero-order valence-electron chi connectivity index (χ0n) is 21.1. The molecule has 0 saturated carbocycles. The second-order valence-corrected chi connectivity index (χ2v) is 10.4. The Hall–Kier alpha value is -4.12. The number of aliphatic hydroxyl groups excluding tert-OH is 1. The smallest absolute Gasteiger partial charge is 0.350 e. The topological polar surface area (TPSA) is 119 Å². The van der Waals surface area contributed by atoms with Crippen molar-refractivity contribution in [2.24, 2.45) is 0 Å². The molecule has 204 valence electrons. The van der Waals surface area contributed by atoms with Crippen LogP contribution in [0.5, 0.6) is 5.75 Å². The van der Waals surface area contributed by atoms with Crippen molar-refractivity contribution in [3.8, 4) is 5.75 Å². The molecule has 2 aromatic heterocycles. The van der Waals surface area contributed by atoms with Crippen molar-refractivity contribution in [1.82, 2.24) is 4.98 Å². The molecule has 0 bridgehead atoms. The van der Waals surface area contributed by atoms with Crippen LogP contribution < -0.4 is 9.64 Å². The highest BCUT2D eigenvalue weighted by atomic mass is 35.5. The van der Waals surface area contributed by atoms with Gasteiger partial charge in [0.15, 0.2) is 28.0 Å². The number of methoxy groups -OCH3 is 1. The molecule has 2 aromatic carbocycles. The number of Topliss-reactive ketones (excluding diaryl/α,β-unsaturated/α-hetero) is 1. The molecule has 1 amide bonds. The van der Waals surface area contributed by atoms with Crippen LogP contribution in [0.4, 0.5) is 5.13 Å². The third-order valence-corrected chi connectivity index (χ3v) is 8.05. The van der Waals surface area contributed by atoms with Gasteiger partial charge in [-0.1, -0.05) is 65.4 Å². The van der Waals surface area contributed by atoms with E-state index in [0.717, 1.165) is 16.2 Å². The Morgan fingerprint density at radius 3 is 2.70 bits per heavy atom. The first-order chi connectivity index (χ1) is 19.2. The van der Waals surface area contributed by atoms with E-state index in [1.807, 2.05) is 0 Å². The van der Waals surface area contributed by atoms with Gasteiger partial charge in [-0.3, -0.25) is 14.5 Å². The van der Waals surface area contributed by atoms with Gasteiger partial charge in [-0.25, -0.2) is 9.78 Å². The highest BCUT2D eigenvalue weighted by Gasteiger charge is 2.47. The molecular formula is C28H20Cl2N2O7S. The summed E-state index contributed by atoms with van der Waals surface area (Å²) in [6.45, 7) is 5.10. The van der Waals surface area contributed by atoms with Crippen LogP contribution in [0.2, 0.25) is 10.0 Å². The molecule has 5 rings (SSSR count). The van der Waals surface area contributed by atoms with Crippen molar-refractivity contribution >= 4 is 68.3 Å². The molecule has 1 aliphatic heterocycles. The van der Waals surface area contributed by atoms with E-state index in [0.29, 0.717) is 28.0 Å². The lowest BCUT2D eigenvalue weighted by atomic mass is 9.95. The van der Waals surface area contributed by atoms with E-state index in [9.17, 15) is 19.5 Å². The number of fused-ring (bicyclic) bond motifs is 1. The summed E-state index contributed by atoms with van der Waals surface area (Å²) in [6.07, 6.45) is 1.42. The predicted molar refractivity (Wildman–Crippen MR) is 151 cm³/mol. The van der Waals surface area contributed by atoms with Crippen LogP contribution in [-0.2, 0) is 9.53 Å². The minimum absolute atomic E-state index is 0.0106. The van der Waals surface area contributed by atoms with Crippen LogP contribution in [-0.4, -0.2) is 41.5 Å². The molecule has 1 atom stereocenters. The van der Waals surface area contributed by atoms with E-state index in [-0.39, 0.29) is 38.0 Å². The number of nitrogens with zero attached hydrogens (tertiary/aromatic N) is 2. The van der Waals surface area contributed by atoms with Crippen molar-refractivity contribution < 1.29 is 33.4 Å². The van der Waals surface area contributed by atoms with E-state index >= 15 is 0 Å². The van der Waals surface area contributed by atoms with Crippen LogP contribution in [0.3, 0.4) is 0 Å². The largest absolute Gasteiger partial charge is 0.503 e. The number of carbonyl (C=O) groups is 3. The quantitative estimate of drug-likeness (QED) is 0.136. The normalized spacial score (nSPS) is 15.2. The first-order valence-corrected chi connectivity index (χ1v) is 13.3. The number of anilines is 1. The van der Waals surface area contributed by atoms with E-state index in [1.165, 1.54) is 31.4 Å². The number of esters is 1. The average Bonchev–Trinajstić information content (AvgIpc) is 3.62. The van der Waals surface area contributed by atoms with Gasteiger partial charge in [-0.2, -0.15) is 0 Å². The Morgan fingerprint density at radius 1 is 1.23 bits per heavy atom. The van der Waals surface area contributed by atoms with E-state index in [1.54, 1.807) is 31.2 Å². The summed E-state index contributed by atoms with van der Waals surface area (Å²) in [7, 11) is 1.47. The first kappa shape index (κ1) is 27.4. The maximum absolute atomic E-state index is 13.9. The standard InChI is InChI=1S/C28H20Cl2N2O7S/c1-4-10-38-27(36)25-13(2)31-28(40-25)32-21(14-8-9-16(29)17(30)11-14)20(23(34)26(32)35)22(33)19-12-15-6-5-7-18(37-3)24(15)39-19/h4-9,11-12,21,34H,1,10H2,2-3H3. The third-order valence-electron chi connectivity index (χ3n) is 6.17. The number of furan rings is 1. The number of hydrogen-bond acceptors (Lipinski definition) is 9. The van der Waals surface area contributed by atoms with E-state index in [2.05, 4.69) is 11.6 Å². The summed E-state index contributed by atoms with van der Waals surface area (Å²) in [4.78, 5) is 45.6. The highest BCUT2D eigenvalue weighted by Crippen LogP contribution is 2.45. The number of aliphatic hydroxyl groups is 1. The Labute approximate surface area is 241 Å². The molecule has 0 spiro atoms. The Balaban J connectivity index is 1.64. The fourth-order valence-electron chi connectivity index (χ4n) is 4.35. The van der Waals surface area contributed by atoms with E-state index < -0.39 is 29.5 Å². The summed E-state index contributed by atoms with van der Waals surface area (Å²) in [6, 6.07) is 10.1. The number of hydrogen-bond donors (Lipinski definition) is 1. The molecule has 1 N–H and O–H groups in total. The summed E-state index contributed by atoms with van der Waals surface area (Å²) in [5.41, 5.74) is 0.745. The number of aryl methyl sites for hydroxylation is 1. The van der Waals surface area contributed by atoms with Crippen molar-refractivity contribution in [3.63, 3.8) is 0 Å². The van der Waals surface area contributed by atoms with Gasteiger partial charge >= 0.3 is 5.97 Å². The maximum atomic E-state index is 13.9. The molecule has 0 radical (unpaired) electrons. The van der Waals surface area contributed by atoms with Gasteiger partial charge in [-0.05, 0) is 36.8 Å². The number of rotatable bonds is 8. The highest BCUT2D eigenvalue weighted by molar-refractivity contribution is 7.17. The summed E-state index contributed by atoms with van der Waals surface area (Å²) >= 11 is 13.3. The molecule has 4 aromatic rings. The number of para-hydroxylation sites is 1. The number of amides is 1. The lowest BCUT2D eigenvalue weighted by Crippen LogP contribution is -2.31. The number of ketones is 1. The predicted octanol–water partition coefficient (Wildman–Crippen LogP) is 6.64. The van der Waals surface area contributed by atoms with Crippen molar-refractivity contribution in [2.75, 3.05) is 18.6 Å². The minimum atomic E-state index is -1.17. The summed E-state index contributed by atoms with van der Waals surface area (Å²) in [5.74, 6) is -2.78. The number of carbonyl (C=O) groups excluding carboxylic acids is 3. The lowest BCUT2D eigenvalue weighted by molar-refractivity contribution is -0.117. The van der Waals surface area contributed by atoms with Crippen molar-refractivity contribution in [1.29, 1.82) is 0 Å². The van der Waals surface area contributed by atoms with Crippen molar-refractivity contribution in [2.45, 2.75) is 13.0 Å². The zero-order chi connectivity index (χ0) is 28.7. The van der Waals surface area contributed by atoms with Gasteiger partial charge in [0, 0.05) is 5.39 Å². The van der Waals surface area contributed by atoms with Gasteiger partial charge in [0.1, 0.15) is 11.5 Å². The third kappa shape index (κ3) is 4.64. The van der Waals surface area contributed by atoms with Crippen molar-refractivity contribution in [3.05, 3.63) is 98.4 Å². The van der Waals surface area contributed by atoms with Gasteiger partial charge < -0.3 is 19.0 Å². The summed E-state index contributed by atoms with van der Waals surface area (Å²) < 4.78 is 16.3. The van der Waals surface area contributed by atoms with Gasteiger partial charge in [0.05, 0.1) is 34.5 Å². The summed E-state index contributed by atoms with van der Waals surface area (Å²) in [5, 5.41) is 12.1. The fourth-order valence-corrected chi connectivity index (χ4v) is 5.64. The molecule has 0 fully saturated rings. The van der Waals surface area contributed by atoms with Crippen LogP contribution in [0.15, 0.2) is 70.9 Å². The van der Waals surface area contributed by atoms with Crippen LogP contribution in [0, 0.1) is 6.92 Å². The first-order valence-electron chi connectivity index (χ1n) is 11.7. The second-order valence-electron chi connectivity index (χ2n) is 8.63. The fraction of sp³-hybridized carbons (Fsp3) is 0.143. The van der Waals surface area contributed by atoms with Crippen LogP contribution >= 0.6 is 34.5 Å². The molecule has 0 aliphatic carbocycles. The second kappa shape index (κ2) is 10.8. The Bertz CT molecular complexity index is 1740. The van der Waals surface area contributed by atoms with E-state index in [4.69, 9.17) is 37.1 Å². The molecule has 3 heterocycles. The number of aromatic nitrogens is 1. The molecule has 0 saturated heterocycles. The number of thiazole rings is 1. The zero-order valence-corrected chi connectivity index (χ0v) is 23.4. The molecule has 40 heavy (non-hydrogen) atoms. The SMILES string of the molecule is C=CCOC(=O)c1sc(N2C(=O)C(O)=C(C(=O)c3cc4cccc(OC)c4o3)C2c2ccc(Cl)c(Cl)c2)nc1C.